The first-order valence-electron chi connectivity index (χ1n) is 6.71. The van der Waals surface area contributed by atoms with Crippen LogP contribution in [0.5, 0.6) is 0 Å². The van der Waals surface area contributed by atoms with Gasteiger partial charge in [0.2, 0.25) is 0 Å². The summed E-state index contributed by atoms with van der Waals surface area (Å²) in [6.45, 7) is 4.96. The van der Waals surface area contributed by atoms with Crippen molar-refractivity contribution in [1.82, 2.24) is 15.2 Å². The van der Waals surface area contributed by atoms with E-state index in [0.717, 1.165) is 36.0 Å². The molecular weight excluding hydrogens is 276 g/mol. The zero-order chi connectivity index (χ0) is 14.2. The van der Waals surface area contributed by atoms with Gasteiger partial charge in [0.1, 0.15) is 0 Å². The molecule has 0 bridgehead atoms. The number of ether oxygens (including phenoxy) is 1. The quantitative estimate of drug-likeness (QED) is 0.922. The molecule has 3 heterocycles. The van der Waals surface area contributed by atoms with E-state index in [4.69, 9.17) is 16.3 Å². The van der Waals surface area contributed by atoms with Gasteiger partial charge in [-0.3, -0.25) is 4.98 Å². The van der Waals surface area contributed by atoms with Crippen LogP contribution < -0.4 is 5.32 Å². The van der Waals surface area contributed by atoms with Crippen LogP contribution in [0.25, 0.3) is 10.8 Å². The average molecular weight is 293 g/mol. The predicted molar refractivity (Wildman–Crippen MR) is 79.0 cm³/mol. The fourth-order valence-corrected chi connectivity index (χ4v) is 2.82. The molecule has 0 radical (unpaired) electrons. The lowest BCUT2D eigenvalue weighted by molar-refractivity contribution is -0.0553. The molecule has 3 rings (SSSR count). The molecular formula is C14H17ClN4O. The van der Waals surface area contributed by atoms with Crippen molar-refractivity contribution in [3.63, 3.8) is 0 Å². The highest BCUT2D eigenvalue weighted by Gasteiger charge is 2.29. The van der Waals surface area contributed by atoms with Crippen molar-refractivity contribution in [2.24, 2.45) is 0 Å². The van der Waals surface area contributed by atoms with Gasteiger partial charge in [-0.1, -0.05) is 11.6 Å². The minimum Gasteiger partial charge on any atom is -0.375 e. The molecule has 1 fully saturated rings. The summed E-state index contributed by atoms with van der Waals surface area (Å²) in [5, 5.41) is 13.8. The maximum atomic E-state index is 6.07. The number of hydrogen-bond donors (Lipinski definition) is 1. The number of halogens is 1. The molecule has 2 aromatic heterocycles. The molecule has 0 amide bonds. The molecule has 5 nitrogen and oxygen atoms in total. The van der Waals surface area contributed by atoms with Crippen molar-refractivity contribution >= 4 is 28.2 Å². The second-order valence-electron chi connectivity index (χ2n) is 5.70. The van der Waals surface area contributed by atoms with Gasteiger partial charge in [0.25, 0.3) is 0 Å². The minimum atomic E-state index is -0.107. The smallest absolute Gasteiger partial charge is 0.159 e. The van der Waals surface area contributed by atoms with Crippen LogP contribution in [-0.2, 0) is 4.74 Å². The van der Waals surface area contributed by atoms with E-state index in [-0.39, 0.29) is 5.60 Å². The average Bonchev–Trinajstić information content (AvgIpc) is 2.41. The Morgan fingerprint density at radius 2 is 2.20 bits per heavy atom. The second-order valence-corrected chi connectivity index (χ2v) is 6.06. The molecule has 1 unspecified atom stereocenters. The van der Waals surface area contributed by atoms with E-state index in [1.54, 1.807) is 12.4 Å². The predicted octanol–water partition coefficient (Wildman–Crippen LogP) is 3.05. The molecule has 1 aliphatic heterocycles. The first kappa shape index (κ1) is 13.5. The summed E-state index contributed by atoms with van der Waals surface area (Å²) in [6.07, 6.45) is 5.36. The SMILES string of the molecule is CC1(C)CC(Nc2nnc(Cl)c3ccncc23)CCO1. The number of nitrogens with zero attached hydrogens (tertiary/aromatic N) is 3. The molecule has 106 valence electrons. The first-order chi connectivity index (χ1) is 9.55. The summed E-state index contributed by atoms with van der Waals surface area (Å²) >= 11 is 6.07. The minimum absolute atomic E-state index is 0.107. The Morgan fingerprint density at radius 1 is 1.35 bits per heavy atom. The number of aromatic nitrogens is 3. The van der Waals surface area contributed by atoms with E-state index in [2.05, 4.69) is 34.3 Å². The monoisotopic (exact) mass is 292 g/mol. The molecule has 0 spiro atoms. The normalized spacial score (nSPS) is 21.9. The molecule has 2 aromatic rings. The topological polar surface area (TPSA) is 59.9 Å². The number of rotatable bonds is 2. The highest BCUT2D eigenvalue weighted by atomic mass is 35.5. The van der Waals surface area contributed by atoms with E-state index in [9.17, 15) is 0 Å². The standard InChI is InChI=1S/C14H17ClN4O/c1-14(2)7-9(4-6-20-14)17-13-11-8-16-5-3-10(11)12(15)18-19-13/h3,5,8-9H,4,6-7H2,1-2H3,(H,17,19). The molecule has 1 saturated heterocycles. The fraction of sp³-hybridized carbons (Fsp3) is 0.500. The summed E-state index contributed by atoms with van der Waals surface area (Å²) in [5.74, 6) is 0.736. The zero-order valence-electron chi connectivity index (χ0n) is 11.6. The number of fused-ring (bicyclic) bond motifs is 1. The third kappa shape index (κ3) is 2.69. The van der Waals surface area contributed by atoms with Crippen LogP contribution in [0.2, 0.25) is 5.15 Å². The molecule has 0 aliphatic carbocycles. The number of pyridine rings is 1. The third-order valence-corrected chi connectivity index (χ3v) is 3.85. The molecule has 1 aliphatic rings. The summed E-state index contributed by atoms with van der Waals surface area (Å²) in [6, 6.07) is 2.17. The summed E-state index contributed by atoms with van der Waals surface area (Å²) < 4.78 is 5.73. The summed E-state index contributed by atoms with van der Waals surface area (Å²) in [4.78, 5) is 4.15. The van der Waals surface area contributed by atoms with Gasteiger partial charge in [0.05, 0.1) is 5.60 Å². The van der Waals surface area contributed by atoms with Gasteiger partial charge in [0, 0.05) is 35.8 Å². The van der Waals surface area contributed by atoms with Gasteiger partial charge in [-0.2, -0.15) is 0 Å². The Labute approximate surface area is 122 Å². The lowest BCUT2D eigenvalue weighted by atomic mass is 9.94. The first-order valence-corrected chi connectivity index (χ1v) is 7.09. The maximum absolute atomic E-state index is 6.07. The second kappa shape index (κ2) is 5.14. The van der Waals surface area contributed by atoms with E-state index >= 15 is 0 Å². The number of nitrogens with one attached hydrogen (secondary N) is 1. The molecule has 6 heteroatoms. The molecule has 1 atom stereocenters. The Hall–Kier alpha value is -1.46. The highest BCUT2D eigenvalue weighted by molar-refractivity contribution is 6.34. The van der Waals surface area contributed by atoms with Gasteiger partial charge < -0.3 is 10.1 Å². The largest absolute Gasteiger partial charge is 0.375 e. The van der Waals surface area contributed by atoms with Crippen LogP contribution in [0, 0.1) is 0 Å². The fourth-order valence-electron chi connectivity index (χ4n) is 2.62. The Morgan fingerprint density at radius 3 is 3.00 bits per heavy atom. The van der Waals surface area contributed by atoms with Crippen molar-refractivity contribution in [2.75, 3.05) is 11.9 Å². The van der Waals surface area contributed by atoms with Crippen LogP contribution in [0.4, 0.5) is 5.82 Å². The number of hydrogen-bond acceptors (Lipinski definition) is 5. The molecule has 0 aromatic carbocycles. The molecule has 0 saturated carbocycles. The van der Waals surface area contributed by atoms with E-state index in [1.807, 2.05) is 6.07 Å². The summed E-state index contributed by atoms with van der Waals surface area (Å²) in [7, 11) is 0. The van der Waals surface area contributed by atoms with Crippen LogP contribution >= 0.6 is 11.6 Å². The van der Waals surface area contributed by atoms with Crippen LogP contribution in [0.3, 0.4) is 0 Å². The van der Waals surface area contributed by atoms with Crippen molar-refractivity contribution < 1.29 is 4.74 Å². The van der Waals surface area contributed by atoms with Gasteiger partial charge in [-0.05, 0) is 32.8 Å². The van der Waals surface area contributed by atoms with Gasteiger partial charge in [-0.15, -0.1) is 10.2 Å². The van der Waals surface area contributed by atoms with E-state index in [0.29, 0.717) is 11.2 Å². The van der Waals surface area contributed by atoms with E-state index in [1.165, 1.54) is 0 Å². The lowest BCUT2D eigenvalue weighted by Crippen LogP contribution is -2.40. The number of anilines is 1. The van der Waals surface area contributed by atoms with Gasteiger partial charge in [-0.25, -0.2) is 0 Å². The highest BCUT2D eigenvalue weighted by Crippen LogP contribution is 2.29. The maximum Gasteiger partial charge on any atom is 0.159 e. The zero-order valence-corrected chi connectivity index (χ0v) is 12.3. The Bertz CT molecular complexity index is 632. The van der Waals surface area contributed by atoms with Gasteiger partial charge >= 0.3 is 0 Å². The van der Waals surface area contributed by atoms with E-state index < -0.39 is 0 Å². The Balaban J connectivity index is 1.90. The van der Waals surface area contributed by atoms with Crippen molar-refractivity contribution in [3.8, 4) is 0 Å². The molecule has 20 heavy (non-hydrogen) atoms. The van der Waals surface area contributed by atoms with Crippen molar-refractivity contribution in [1.29, 1.82) is 0 Å². The van der Waals surface area contributed by atoms with Crippen LogP contribution in [0.1, 0.15) is 26.7 Å². The van der Waals surface area contributed by atoms with Crippen molar-refractivity contribution in [3.05, 3.63) is 23.6 Å². The Kier molecular flexibility index (Phi) is 3.48. The van der Waals surface area contributed by atoms with Crippen LogP contribution in [-0.4, -0.2) is 33.4 Å². The van der Waals surface area contributed by atoms with Gasteiger partial charge in [0.15, 0.2) is 11.0 Å². The molecule has 1 N–H and O–H groups in total. The lowest BCUT2D eigenvalue weighted by Gasteiger charge is -2.36. The van der Waals surface area contributed by atoms with Crippen LogP contribution in [0.15, 0.2) is 18.5 Å². The summed E-state index contributed by atoms with van der Waals surface area (Å²) in [5.41, 5.74) is -0.107. The van der Waals surface area contributed by atoms with Crippen molar-refractivity contribution in [2.45, 2.75) is 38.3 Å². The third-order valence-electron chi connectivity index (χ3n) is 3.57.